The molecule has 0 unspecified atom stereocenters. The van der Waals surface area contributed by atoms with E-state index in [2.05, 4.69) is 58.3 Å². The van der Waals surface area contributed by atoms with Gasteiger partial charge < -0.3 is 19.9 Å². The highest BCUT2D eigenvalue weighted by atomic mass is 32.2. The van der Waals surface area contributed by atoms with Gasteiger partial charge in [0.25, 0.3) is 0 Å². The third-order valence-electron chi connectivity index (χ3n) is 7.82. The number of rotatable bonds is 8. The normalized spacial score (nSPS) is 23.8. The highest BCUT2D eigenvalue weighted by Gasteiger charge is 2.38. The first-order chi connectivity index (χ1) is 18.5. The molecular formula is C27H36FN7O3S. The molecule has 10 nitrogen and oxygen atoms in total. The average molecular weight is 558 g/mol. The number of hydrogen-bond acceptors (Lipinski definition) is 10. The molecule has 4 heterocycles. The third kappa shape index (κ3) is 5.76. The van der Waals surface area contributed by atoms with E-state index in [1.54, 1.807) is 6.20 Å². The Morgan fingerprint density at radius 1 is 1.23 bits per heavy atom. The van der Waals surface area contributed by atoms with Crippen molar-refractivity contribution < 1.29 is 17.5 Å². The van der Waals surface area contributed by atoms with Crippen molar-refractivity contribution in [2.45, 2.75) is 51.4 Å². The summed E-state index contributed by atoms with van der Waals surface area (Å²) in [6.45, 7) is 7.82. The van der Waals surface area contributed by atoms with Crippen LogP contribution in [-0.2, 0) is 14.6 Å². The molecule has 210 valence electrons. The Morgan fingerprint density at radius 3 is 2.69 bits per heavy atom. The highest BCUT2D eigenvalue weighted by Crippen LogP contribution is 2.38. The molecule has 2 aliphatic rings. The molecule has 2 aliphatic heterocycles. The fourth-order valence-corrected chi connectivity index (χ4v) is 6.72. The molecule has 0 radical (unpaired) electrons. The van der Waals surface area contributed by atoms with Gasteiger partial charge in [0.15, 0.2) is 5.82 Å². The Morgan fingerprint density at radius 2 is 2.03 bits per heavy atom. The van der Waals surface area contributed by atoms with Crippen molar-refractivity contribution in [2.75, 3.05) is 53.9 Å². The topological polar surface area (TPSA) is 113 Å². The van der Waals surface area contributed by atoms with Crippen LogP contribution >= 0.6 is 0 Å². The molecule has 1 N–H and O–H groups in total. The van der Waals surface area contributed by atoms with Gasteiger partial charge in [0.2, 0.25) is 5.95 Å². The minimum atomic E-state index is -3.03. The number of hydrogen-bond donors (Lipinski definition) is 1. The van der Waals surface area contributed by atoms with Gasteiger partial charge >= 0.3 is 0 Å². The van der Waals surface area contributed by atoms with E-state index in [4.69, 9.17) is 9.72 Å². The molecule has 5 rings (SSSR count). The number of nitrogens with one attached hydrogen (secondary N) is 1. The smallest absolute Gasteiger partial charge is 0.227 e. The fourth-order valence-electron chi connectivity index (χ4n) is 5.55. The lowest BCUT2D eigenvalue weighted by Gasteiger charge is -2.48. The number of ether oxygens (including phenoxy) is 1. The molecule has 39 heavy (non-hydrogen) atoms. The predicted molar refractivity (Wildman–Crippen MR) is 151 cm³/mol. The van der Waals surface area contributed by atoms with Gasteiger partial charge in [-0.25, -0.2) is 22.8 Å². The lowest BCUT2D eigenvalue weighted by Crippen LogP contribution is -2.57. The van der Waals surface area contributed by atoms with Gasteiger partial charge in [-0.1, -0.05) is 19.9 Å². The van der Waals surface area contributed by atoms with Crippen LogP contribution in [-0.4, -0.2) is 85.7 Å². The van der Waals surface area contributed by atoms with Crippen molar-refractivity contribution in [1.82, 2.24) is 20.2 Å². The van der Waals surface area contributed by atoms with Gasteiger partial charge in [-0.3, -0.25) is 0 Å². The monoisotopic (exact) mass is 557 g/mol. The summed E-state index contributed by atoms with van der Waals surface area (Å²) in [7, 11) is -1.50. The number of nitrogens with zero attached hydrogens (tertiary/aromatic N) is 6. The first-order valence-corrected chi connectivity index (χ1v) is 15.4. The Kier molecular flexibility index (Phi) is 7.60. The van der Waals surface area contributed by atoms with Crippen molar-refractivity contribution >= 4 is 43.9 Å². The maximum absolute atomic E-state index is 14.4. The summed E-state index contributed by atoms with van der Waals surface area (Å²) in [5, 5.41) is 12.5. The number of sulfone groups is 1. The minimum absolute atomic E-state index is 0.100. The fraction of sp³-hybridized carbons (Fsp3) is 0.556. The lowest BCUT2D eigenvalue weighted by molar-refractivity contribution is 0.0195. The van der Waals surface area contributed by atoms with Gasteiger partial charge in [-0.15, -0.1) is 5.10 Å². The number of methoxy groups -OCH3 is 1. The molecule has 0 amide bonds. The zero-order valence-corrected chi connectivity index (χ0v) is 23.8. The SMILES string of the molecule is CO[C@H]1CCN(c2cc(Nc3ncc4c(N5C[C@H](CS(C)(=O)=O)[C@H]5C)ccc(C(C)C)c4n3)cnn2)C[C@H]1F. The van der Waals surface area contributed by atoms with E-state index in [1.807, 2.05) is 17.2 Å². The number of anilines is 4. The van der Waals surface area contributed by atoms with Crippen molar-refractivity contribution in [3.8, 4) is 0 Å². The number of aromatic nitrogens is 4. The molecule has 12 heteroatoms. The maximum Gasteiger partial charge on any atom is 0.227 e. The molecule has 2 fully saturated rings. The van der Waals surface area contributed by atoms with Crippen molar-refractivity contribution in [3.63, 3.8) is 0 Å². The number of halogens is 1. The number of fused-ring (bicyclic) bond motifs is 1. The maximum atomic E-state index is 14.4. The molecule has 0 aliphatic carbocycles. The number of alkyl halides is 1. The third-order valence-corrected chi connectivity index (χ3v) is 8.85. The summed E-state index contributed by atoms with van der Waals surface area (Å²) in [5.41, 5.74) is 3.61. The Labute approximate surface area is 228 Å². The molecule has 3 aromatic rings. The van der Waals surface area contributed by atoms with E-state index in [0.717, 1.165) is 22.2 Å². The Bertz CT molecular complexity index is 1450. The summed E-state index contributed by atoms with van der Waals surface area (Å²) in [4.78, 5) is 13.6. The molecule has 2 aromatic heterocycles. The average Bonchev–Trinajstić information content (AvgIpc) is 2.89. The summed E-state index contributed by atoms with van der Waals surface area (Å²) in [6.07, 6.45) is 3.79. The molecule has 4 atom stereocenters. The molecule has 0 bridgehead atoms. The molecule has 2 saturated heterocycles. The van der Waals surface area contributed by atoms with Gasteiger partial charge in [-0.2, -0.15) is 5.10 Å². The molecular weight excluding hydrogens is 521 g/mol. The van der Waals surface area contributed by atoms with Crippen LogP contribution in [0.15, 0.2) is 30.6 Å². The molecule has 0 saturated carbocycles. The van der Waals surface area contributed by atoms with Crippen LogP contribution in [0, 0.1) is 5.92 Å². The van der Waals surface area contributed by atoms with E-state index >= 15 is 0 Å². The van der Waals surface area contributed by atoms with E-state index in [1.165, 1.54) is 13.4 Å². The van der Waals surface area contributed by atoms with Crippen LogP contribution < -0.4 is 15.1 Å². The van der Waals surface area contributed by atoms with E-state index < -0.39 is 22.1 Å². The van der Waals surface area contributed by atoms with Crippen LogP contribution in [0.4, 0.5) is 27.5 Å². The first-order valence-electron chi connectivity index (χ1n) is 13.3. The van der Waals surface area contributed by atoms with Crippen LogP contribution in [0.5, 0.6) is 0 Å². The number of piperidine rings is 1. The van der Waals surface area contributed by atoms with E-state index in [-0.39, 0.29) is 30.2 Å². The van der Waals surface area contributed by atoms with Crippen LogP contribution in [0.2, 0.25) is 0 Å². The second-order valence-electron chi connectivity index (χ2n) is 11.0. The lowest BCUT2D eigenvalue weighted by atomic mass is 9.89. The van der Waals surface area contributed by atoms with Gasteiger partial charge in [0.05, 0.1) is 35.8 Å². The quantitative estimate of drug-likeness (QED) is 0.440. The minimum Gasteiger partial charge on any atom is -0.378 e. The Hall–Kier alpha value is -3.12. The summed E-state index contributed by atoms with van der Waals surface area (Å²) >= 11 is 0. The standard InChI is InChI=1S/C27H36FN7O3S/c1-16(2)20-6-7-23(35-13-18(17(35)3)15-39(5,36)37)21-12-29-27(32-26(20)21)31-19-10-25(33-30-11-19)34-9-8-24(38-4)22(28)14-34/h6-7,10-12,16-18,22,24H,8-9,13-15H2,1-5H3,(H,29,31,32,33)/t17-,18-,22-,24+/m1/s1. The van der Waals surface area contributed by atoms with E-state index in [0.29, 0.717) is 37.0 Å². The van der Waals surface area contributed by atoms with Gasteiger partial charge in [0.1, 0.15) is 16.0 Å². The second-order valence-corrected chi connectivity index (χ2v) is 13.2. The van der Waals surface area contributed by atoms with Crippen molar-refractivity contribution in [3.05, 3.63) is 36.2 Å². The van der Waals surface area contributed by atoms with Crippen molar-refractivity contribution in [2.24, 2.45) is 5.92 Å². The highest BCUT2D eigenvalue weighted by molar-refractivity contribution is 7.90. The first kappa shape index (κ1) is 27.4. The van der Waals surface area contributed by atoms with Crippen LogP contribution in [0.3, 0.4) is 0 Å². The van der Waals surface area contributed by atoms with Crippen molar-refractivity contribution in [1.29, 1.82) is 0 Å². The summed E-state index contributed by atoms with van der Waals surface area (Å²) in [5.74, 6) is 1.54. The predicted octanol–water partition coefficient (Wildman–Crippen LogP) is 3.72. The van der Waals surface area contributed by atoms with Gasteiger partial charge in [0, 0.05) is 61.8 Å². The largest absolute Gasteiger partial charge is 0.378 e. The Balaban J connectivity index is 1.40. The number of benzene rings is 1. The van der Waals surface area contributed by atoms with Gasteiger partial charge in [-0.05, 0) is 30.9 Å². The molecule has 0 spiro atoms. The second kappa shape index (κ2) is 10.8. The van der Waals surface area contributed by atoms with E-state index in [9.17, 15) is 12.8 Å². The zero-order valence-electron chi connectivity index (χ0n) is 23.0. The molecule has 1 aromatic carbocycles. The zero-order chi connectivity index (χ0) is 27.9. The summed E-state index contributed by atoms with van der Waals surface area (Å²) in [6, 6.07) is 6.11. The summed E-state index contributed by atoms with van der Waals surface area (Å²) < 4.78 is 43.3. The van der Waals surface area contributed by atoms with Crippen LogP contribution in [0.1, 0.15) is 38.7 Å². The van der Waals surface area contributed by atoms with Crippen LogP contribution in [0.25, 0.3) is 10.9 Å².